The second kappa shape index (κ2) is 23.0. The van der Waals surface area contributed by atoms with Crippen LogP contribution in [0.4, 0.5) is 0 Å². The molecule has 0 aromatic heterocycles. The van der Waals surface area contributed by atoms with Crippen LogP contribution in [-0.2, 0) is 4.79 Å². The number of carbonyl (C=O) groups is 1. The third-order valence-electron chi connectivity index (χ3n) is 5.14. The van der Waals surface area contributed by atoms with E-state index >= 15 is 0 Å². The number of carbonyl (C=O) groups excluding carboxylic acids is 1. The summed E-state index contributed by atoms with van der Waals surface area (Å²) in [6, 6.07) is 0. The zero-order valence-electron chi connectivity index (χ0n) is 17.6. The SMILES string of the molecule is CCCCCCCCCCCCNC(=O)CCCCCCCCCCBr. The number of hydrogen-bond acceptors (Lipinski definition) is 1. The molecule has 0 fully saturated rings. The highest BCUT2D eigenvalue weighted by Crippen LogP contribution is 2.11. The first-order chi connectivity index (χ1) is 12.8. The van der Waals surface area contributed by atoms with Gasteiger partial charge in [-0.1, -0.05) is 119 Å². The number of alkyl halides is 1. The Morgan fingerprint density at radius 1 is 0.615 bits per heavy atom. The predicted octanol–water partition coefficient (Wildman–Crippen LogP) is 7.93. The second-order valence-corrected chi connectivity index (χ2v) is 8.59. The maximum Gasteiger partial charge on any atom is 0.219 e. The molecule has 2 nitrogen and oxygen atoms in total. The minimum absolute atomic E-state index is 0.262. The summed E-state index contributed by atoms with van der Waals surface area (Å²) in [6.45, 7) is 3.15. The van der Waals surface area contributed by atoms with Gasteiger partial charge in [-0.15, -0.1) is 0 Å². The van der Waals surface area contributed by atoms with Crippen molar-refractivity contribution in [2.24, 2.45) is 0 Å². The van der Waals surface area contributed by atoms with Gasteiger partial charge in [0.25, 0.3) is 0 Å². The molecule has 0 saturated carbocycles. The second-order valence-electron chi connectivity index (χ2n) is 7.80. The Morgan fingerprint density at radius 3 is 1.54 bits per heavy atom. The molecule has 26 heavy (non-hydrogen) atoms. The van der Waals surface area contributed by atoms with Gasteiger partial charge in [0.15, 0.2) is 0 Å². The number of unbranched alkanes of at least 4 members (excludes halogenated alkanes) is 16. The number of halogens is 1. The molecule has 0 aromatic carbocycles. The van der Waals surface area contributed by atoms with Crippen molar-refractivity contribution in [1.29, 1.82) is 0 Å². The van der Waals surface area contributed by atoms with Crippen molar-refractivity contribution >= 4 is 21.8 Å². The Balaban J connectivity index is 3.13. The molecule has 0 aliphatic carbocycles. The van der Waals surface area contributed by atoms with Crippen LogP contribution in [0.15, 0.2) is 0 Å². The van der Waals surface area contributed by atoms with E-state index in [0.717, 1.165) is 31.1 Å². The van der Waals surface area contributed by atoms with E-state index in [-0.39, 0.29) is 5.91 Å². The molecule has 0 heterocycles. The van der Waals surface area contributed by atoms with Gasteiger partial charge in [-0.3, -0.25) is 4.79 Å². The van der Waals surface area contributed by atoms with E-state index in [1.54, 1.807) is 0 Å². The minimum Gasteiger partial charge on any atom is -0.356 e. The van der Waals surface area contributed by atoms with E-state index < -0.39 is 0 Å². The molecule has 3 heteroatoms. The lowest BCUT2D eigenvalue weighted by Crippen LogP contribution is -2.23. The third-order valence-corrected chi connectivity index (χ3v) is 5.70. The Labute approximate surface area is 172 Å². The molecule has 0 aliphatic heterocycles. The minimum atomic E-state index is 0.262. The standard InChI is InChI=1S/C23H46BrNO/c1-2-3-4-5-6-7-10-13-16-19-22-25-23(26)20-17-14-11-8-9-12-15-18-21-24/h2-22H2,1H3,(H,25,26). The molecular weight excluding hydrogens is 386 g/mol. The molecule has 0 bridgehead atoms. The molecule has 1 N–H and O–H groups in total. The van der Waals surface area contributed by atoms with Crippen molar-refractivity contribution in [3.8, 4) is 0 Å². The average molecular weight is 433 g/mol. The van der Waals surface area contributed by atoms with Gasteiger partial charge < -0.3 is 5.32 Å². The summed E-state index contributed by atoms with van der Waals surface area (Å²) in [7, 11) is 0. The fraction of sp³-hybridized carbons (Fsp3) is 0.957. The monoisotopic (exact) mass is 431 g/mol. The van der Waals surface area contributed by atoms with Gasteiger partial charge in [0.05, 0.1) is 0 Å². The molecule has 0 spiro atoms. The number of rotatable bonds is 21. The van der Waals surface area contributed by atoms with E-state index in [0.29, 0.717) is 0 Å². The van der Waals surface area contributed by atoms with Gasteiger partial charge in [-0.2, -0.15) is 0 Å². The van der Waals surface area contributed by atoms with E-state index in [1.165, 1.54) is 103 Å². The summed E-state index contributed by atoms with van der Waals surface area (Å²) in [4.78, 5) is 11.8. The lowest BCUT2D eigenvalue weighted by atomic mass is 10.1. The molecular formula is C23H46BrNO. The molecule has 0 saturated heterocycles. The van der Waals surface area contributed by atoms with Gasteiger partial charge in [0.2, 0.25) is 5.91 Å². The van der Waals surface area contributed by atoms with Crippen LogP contribution < -0.4 is 5.32 Å². The quantitative estimate of drug-likeness (QED) is 0.145. The molecule has 0 aromatic rings. The highest BCUT2D eigenvalue weighted by Gasteiger charge is 2.00. The summed E-state index contributed by atoms with van der Waals surface area (Å²) in [5.74, 6) is 0.262. The van der Waals surface area contributed by atoms with Crippen molar-refractivity contribution in [3.05, 3.63) is 0 Å². The van der Waals surface area contributed by atoms with Crippen molar-refractivity contribution in [3.63, 3.8) is 0 Å². The van der Waals surface area contributed by atoms with Crippen molar-refractivity contribution in [1.82, 2.24) is 5.32 Å². The Morgan fingerprint density at radius 2 is 1.04 bits per heavy atom. The summed E-state index contributed by atoms with van der Waals surface area (Å²) in [6.07, 6.45) is 24.5. The van der Waals surface area contributed by atoms with Crippen LogP contribution in [-0.4, -0.2) is 17.8 Å². The van der Waals surface area contributed by atoms with Gasteiger partial charge in [0.1, 0.15) is 0 Å². The molecule has 0 aliphatic rings. The first-order valence-electron chi connectivity index (χ1n) is 11.6. The van der Waals surface area contributed by atoms with Crippen molar-refractivity contribution in [2.75, 3.05) is 11.9 Å². The van der Waals surface area contributed by atoms with E-state index in [2.05, 4.69) is 28.2 Å². The Bertz CT molecular complexity index is 283. The van der Waals surface area contributed by atoms with E-state index in [1.807, 2.05) is 0 Å². The lowest BCUT2D eigenvalue weighted by Gasteiger charge is -2.06. The van der Waals surface area contributed by atoms with Gasteiger partial charge >= 0.3 is 0 Å². The average Bonchev–Trinajstić information content (AvgIpc) is 2.64. The fourth-order valence-electron chi connectivity index (χ4n) is 3.37. The first-order valence-corrected chi connectivity index (χ1v) is 12.8. The van der Waals surface area contributed by atoms with Crippen LogP contribution in [0.3, 0.4) is 0 Å². The third kappa shape index (κ3) is 22.0. The topological polar surface area (TPSA) is 29.1 Å². The summed E-state index contributed by atoms with van der Waals surface area (Å²) < 4.78 is 0. The van der Waals surface area contributed by atoms with Gasteiger partial charge in [0, 0.05) is 18.3 Å². The van der Waals surface area contributed by atoms with Crippen LogP contribution >= 0.6 is 15.9 Å². The van der Waals surface area contributed by atoms with E-state index in [4.69, 9.17) is 0 Å². The molecule has 0 rings (SSSR count). The first kappa shape index (κ1) is 26.0. The van der Waals surface area contributed by atoms with Crippen molar-refractivity contribution in [2.45, 2.75) is 129 Å². The predicted molar refractivity (Wildman–Crippen MR) is 120 cm³/mol. The molecule has 156 valence electrons. The fourth-order valence-corrected chi connectivity index (χ4v) is 3.77. The highest BCUT2D eigenvalue weighted by molar-refractivity contribution is 9.09. The summed E-state index contributed by atoms with van der Waals surface area (Å²) >= 11 is 3.47. The highest BCUT2D eigenvalue weighted by atomic mass is 79.9. The number of hydrogen-bond donors (Lipinski definition) is 1. The van der Waals surface area contributed by atoms with Crippen LogP contribution in [0.25, 0.3) is 0 Å². The van der Waals surface area contributed by atoms with Crippen LogP contribution in [0.2, 0.25) is 0 Å². The summed E-state index contributed by atoms with van der Waals surface area (Å²) in [5, 5.41) is 4.23. The lowest BCUT2D eigenvalue weighted by molar-refractivity contribution is -0.121. The van der Waals surface area contributed by atoms with Crippen LogP contribution in [0, 0.1) is 0 Å². The smallest absolute Gasteiger partial charge is 0.219 e. The molecule has 0 unspecified atom stereocenters. The number of nitrogens with one attached hydrogen (secondary N) is 1. The largest absolute Gasteiger partial charge is 0.356 e. The molecule has 0 radical (unpaired) electrons. The zero-order chi connectivity index (χ0) is 19.1. The van der Waals surface area contributed by atoms with Crippen molar-refractivity contribution < 1.29 is 4.79 Å². The van der Waals surface area contributed by atoms with Crippen LogP contribution in [0.1, 0.15) is 129 Å². The number of amides is 1. The normalized spacial score (nSPS) is 11.0. The van der Waals surface area contributed by atoms with Gasteiger partial charge in [-0.25, -0.2) is 0 Å². The van der Waals surface area contributed by atoms with Gasteiger partial charge in [-0.05, 0) is 19.3 Å². The van der Waals surface area contributed by atoms with Crippen LogP contribution in [0.5, 0.6) is 0 Å². The Kier molecular flexibility index (Phi) is 22.9. The maximum atomic E-state index is 11.8. The van der Waals surface area contributed by atoms with E-state index in [9.17, 15) is 4.79 Å². The Hall–Kier alpha value is -0.0500. The zero-order valence-corrected chi connectivity index (χ0v) is 19.2. The molecule has 0 atom stereocenters. The summed E-state index contributed by atoms with van der Waals surface area (Å²) in [5.41, 5.74) is 0. The molecule has 1 amide bonds. The maximum absolute atomic E-state index is 11.8.